The number of benzene rings is 2. The Morgan fingerprint density at radius 1 is 0.952 bits per heavy atom. The Hall–Kier alpha value is -2.69. The first-order chi connectivity index (χ1) is 10.2. The Balaban J connectivity index is 1.94. The van der Waals surface area contributed by atoms with E-state index in [0.29, 0.717) is 17.1 Å². The first kappa shape index (κ1) is 13.3. The smallest absolute Gasteiger partial charge is 0.255 e. The topological polar surface area (TPSA) is 59.6 Å². The zero-order valence-electron chi connectivity index (χ0n) is 11.8. The molecule has 1 atom stereocenters. The van der Waals surface area contributed by atoms with Crippen molar-refractivity contribution in [3.63, 3.8) is 0 Å². The third-order valence-corrected chi connectivity index (χ3v) is 3.49. The van der Waals surface area contributed by atoms with Gasteiger partial charge in [0.1, 0.15) is 6.17 Å². The van der Waals surface area contributed by atoms with Crippen LogP contribution in [0.15, 0.2) is 42.5 Å². The van der Waals surface area contributed by atoms with E-state index >= 15 is 0 Å². The third kappa shape index (κ3) is 2.38. The van der Waals surface area contributed by atoms with Gasteiger partial charge < -0.3 is 20.1 Å². The molecule has 0 saturated carbocycles. The molecule has 0 saturated heterocycles. The van der Waals surface area contributed by atoms with Crippen LogP contribution in [0.3, 0.4) is 0 Å². The molecule has 0 fully saturated rings. The lowest BCUT2D eigenvalue weighted by Crippen LogP contribution is -2.38. The van der Waals surface area contributed by atoms with Crippen LogP contribution in [0.4, 0.5) is 5.69 Å². The van der Waals surface area contributed by atoms with E-state index in [9.17, 15) is 4.79 Å². The molecule has 2 N–H and O–H groups in total. The molecule has 2 aromatic rings. The van der Waals surface area contributed by atoms with Crippen molar-refractivity contribution < 1.29 is 14.3 Å². The van der Waals surface area contributed by atoms with Crippen molar-refractivity contribution in [1.82, 2.24) is 5.32 Å². The molecular weight excluding hydrogens is 268 g/mol. The number of carbonyl (C=O) groups is 1. The Morgan fingerprint density at radius 2 is 1.71 bits per heavy atom. The molecule has 1 amide bonds. The van der Waals surface area contributed by atoms with Gasteiger partial charge in [-0.15, -0.1) is 0 Å². The average Bonchev–Trinajstić information content (AvgIpc) is 2.54. The maximum absolute atomic E-state index is 12.1. The molecule has 5 nitrogen and oxygen atoms in total. The summed E-state index contributed by atoms with van der Waals surface area (Å²) in [5.41, 5.74) is 2.37. The molecule has 2 aromatic carbocycles. The maximum Gasteiger partial charge on any atom is 0.255 e. The van der Waals surface area contributed by atoms with Crippen LogP contribution in [0.5, 0.6) is 11.5 Å². The summed E-state index contributed by atoms with van der Waals surface area (Å²) >= 11 is 0. The highest BCUT2D eigenvalue weighted by Gasteiger charge is 2.24. The van der Waals surface area contributed by atoms with Crippen LogP contribution < -0.4 is 20.1 Å². The summed E-state index contributed by atoms with van der Waals surface area (Å²) in [6, 6.07) is 13.0. The SMILES string of the molecule is COc1ccc([C@@H]2NC(=O)c3ccccc3N2)cc1OC. The predicted octanol–water partition coefficient (Wildman–Crippen LogP) is 2.56. The number of para-hydroxylation sites is 1. The van der Waals surface area contributed by atoms with Gasteiger partial charge in [0.15, 0.2) is 11.5 Å². The predicted molar refractivity (Wildman–Crippen MR) is 79.8 cm³/mol. The first-order valence-corrected chi connectivity index (χ1v) is 6.61. The van der Waals surface area contributed by atoms with Crippen molar-refractivity contribution >= 4 is 11.6 Å². The van der Waals surface area contributed by atoms with E-state index < -0.39 is 0 Å². The minimum Gasteiger partial charge on any atom is -0.493 e. The lowest BCUT2D eigenvalue weighted by Gasteiger charge is -2.28. The molecule has 0 aromatic heterocycles. The molecular formula is C16H16N2O3. The van der Waals surface area contributed by atoms with E-state index in [1.54, 1.807) is 20.3 Å². The van der Waals surface area contributed by atoms with E-state index in [1.807, 2.05) is 36.4 Å². The summed E-state index contributed by atoms with van der Waals surface area (Å²) in [4.78, 5) is 12.1. The minimum atomic E-state index is -0.299. The Morgan fingerprint density at radius 3 is 2.48 bits per heavy atom. The zero-order chi connectivity index (χ0) is 14.8. The summed E-state index contributed by atoms with van der Waals surface area (Å²) in [5.74, 6) is 1.19. The number of carbonyl (C=O) groups excluding carboxylic acids is 1. The van der Waals surface area contributed by atoms with Gasteiger partial charge in [-0.3, -0.25) is 4.79 Å². The lowest BCUT2D eigenvalue weighted by molar-refractivity contribution is 0.0935. The number of hydrogen-bond acceptors (Lipinski definition) is 4. The van der Waals surface area contributed by atoms with Gasteiger partial charge in [0, 0.05) is 5.69 Å². The van der Waals surface area contributed by atoms with Gasteiger partial charge in [0.05, 0.1) is 19.8 Å². The normalized spacial score (nSPS) is 16.5. The van der Waals surface area contributed by atoms with Gasteiger partial charge in [-0.25, -0.2) is 0 Å². The molecule has 5 heteroatoms. The minimum absolute atomic E-state index is 0.0934. The molecule has 0 spiro atoms. The maximum atomic E-state index is 12.1. The monoisotopic (exact) mass is 284 g/mol. The summed E-state index contributed by atoms with van der Waals surface area (Å²) in [5, 5.41) is 6.24. The second kappa shape index (κ2) is 5.36. The molecule has 1 aliphatic rings. The molecule has 21 heavy (non-hydrogen) atoms. The van der Waals surface area contributed by atoms with Crippen LogP contribution in [-0.4, -0.2) is 20.1 Å². The summed E-state index contributed by atoms with van der Waals surface area (Å²) in [6.07, 6.45) is -0.299. The highest BCUT2D eigenvalue weighted by Crippen LogP contribution is 2.32. The summed E-state index contributed by atoms with van der Waals surface area (Å²) < 4.78 is 10.5. The molecule has 0 unspecified atom stereocenters. The van der Waals surface area contributed by atoms with Gasteiger partial charge in [0.25, 0.3) is 5.91 Å². The largest absolute Gasteiger partial charge is 0.493 e. The standard InChI is InChI=1S/C16H16N2O3/c1-20-13-8-7-10(9-14(13)21-2)15-17-12-6-4-3-5-11(12)16(19)18-15/h3-9,15,17H,1-2H3,(H,18,19)/t15-/m0/s1. The van der Waals surface area contributed by atoms with Gasteiger partial charge in [-0.2, -0.15) is 0 Å². The number of methoxy groups -OCH3 is 2. The van der Waals surface area contributed by atoms with Crippen molar-refractivity contribution in [1.29, 1.82) is 0 Å². The van der Waals surface area contributed by atoms with Gasteiger partial charge in [-0.05, 0) is 29.8 Å². The van der Waals surface area contributed by atoms with E-state index in [1.165, 1.54) is 0 Å². The van der Waals surface area contributed by atoms with Crippen LogP contribution >= 0.6 is 0 Å². The van der Waals surface area contributed by atoms with Crippen molar-refractivity contribution in [3.05, 3.63) is 53.6 Å². The fourth-order valence-electron chi connectivity index (χ4n) is 2.41. The molecule has 1 aliphatic heterocycles. The second-order valence-electron chi connectivity index (χ2n) is 4.71. The van der Waals surface area contributed by atoms with Crippen LogP contribution in [-0.2, 0) is 0 Å². The quantitative estimate of drug-likeness (QED) is 0.909. The fourth-order valence-corrected chi connectivity index (χ4v) is 2.41. The third-order valence-electron chi connectivity index (χ3n) is 3.49. The Labute approximate surface area is 122 Å². The van der Waals surface area contributed by atoms with Crippen LogP contribution in [0.1, 0.15) is 22.1 Å². The molecule has 0 aliphatic carbocycles. The first-order valence-electron chi connectivity index (χ1n) is 6.61. The molecule has 0 bridgehead atoms. The summed E-state index contributed by atoms with van der Waals surface area (Å²) in [7, 11) is 3.18. The highest BCUT2D eigenvalue weighted by atomic mass is 16.5. The van der Waals surface area contributed by atoms with Crippen molar-refractivity contribution in [2.45, 2.75) is 6.17 Å². The second-order valence-corrected chi connectivity index (χ2v) is 4.71. The van der Waals surface area contributed by atoms with Crippen molar-refractivity contribution in [3.8, 4) is 11.5 Å². The number of fused-ring (bicyclic) bond motifs is 1. The van der Waals surface area contributed by atoms with Crippen LogP contribution in [0.2, 0.25) is 0 Å². The molecule has 0 radical (unpaired) electrons. The van der Waals surface area contributed by atoms with Gasteiger partial charge in [-0.1, -0.05) is 18.2 Å². The summed E-state index contributed by atoms with van der Waals surface area (Å²) in [6.45, 7) is 0. The van der Waals surface area contributed by atoms with E-state index in [0.717, 1.165) is 11.3 Å². The van der Waals surface area contributed by atoms with Crippen LogP contribution in [0, 0.1) is 0 Å². The van der Waals surface area contributed by atoms with Gasteiger partial charge in [0.2, 0.25) is 0 Å². The number of rotatable bonds is 3. The average molecular weight is 284 g/mol. The lowest BCUT2D eigenvalue weighted by atomic mass is 10.1. The van der Waals surface area contributed by atoms with Crippen LogP contribution in [0.25, 0.3) is 0 Å². The molecule has 108 valence electrons. The van der Waals surface area contributed by atoms with E-state index in [2.05, 4.69) is 10.6 Å². The highest BCUT2D eigenvalue weighted by molar-refractivity contribution is 6.01. The zero-order valence-corrected chi connectivity index (χ0v) is 11.8. The van der Waals surface area contributed by atoms with Gasteiger partial charge >= 0.3 is 0 Å². The number of hydrogen-bond donors (Lipinski definition) is 2. The molecule has 1 heterocycles. The fraction of sp³-hybridized carbons (Fsp3) is 0.188. The van der Waals surface area contributed by atoms with Crippen molar-refractivity contribution in [2.24, 2.45) is 0 Å². The molecule has 3 rings (SSSR count). The number of anilines is 1. The van der Waals surface area contributed by atoms with Crippen molar-refractivity contribution in [2.75, 3.05) is 19.5 Å². The number of nitrogens with one attached hydrogen (secondary N) is 2. The Bertz CT molecular complexity index is 685. The number of amides is 1. The number of ether oxygens (including phenoxy) is 2. The van der Waals surface area contributed by atoms with E-state index in [-0.39, 0.29) is 12.1 Å². The Kier molecular flexibility index (Phi) is 3.39. The van der Waals surface area contributed by atoms with E-state index in [4.69, 9.17) is 9.47 Å².